The molecular weight excluding hydrogens is 311 g/mol. The molecule has 1 aromatic carbocycles. The van der Waals surface area contributed by atoms with Gasteiger partial charge in [-0.25, -0.2) is 4.79 Å². The van der Waals surface area contributed by atoms with Crippen LogP contribution in [0.2, 0.25) is 0 Å². The van der Waals surface area contributed by atoms with Gasteiger partial charge in [0.05, 0.1) is 5.88 Å². The standard InChI is InChI=1S/C11H10BrClO4/c12-8-2-6(3-9(14)5-13)1-7(4-8)10(15)11(16)17/h1-2,4,10,15H,3,5H2,(H,16,17). The highest BCUT2D eigenvalue weighted by molar-refractivity contribution is 9.10. The number of benzene rings is 1. The number of carbonyl (C=O) groups is 2. The molecule has 0 bridgehead atoms. The average Bonchev–Trinajstić information content (AvgIpc) is 2.26. The van der Waals surface area contributed by atoms with Crippen molar-refractivity contribution in [1.82, 2.24) is 0 Å². The fraction of sp³-hybridized carbons (Fsp3) is 0.273. The predicted octanol–water partition coefficient (Wildman–Crippen LogP) is 1.92. The van der Waals surface area contributed by atoms with Crippen LogP contribution >= 0.6 is 27.5 Å². The molecule has 0 heterocycles. The van der Waals surface area contributed by atoms with Crippen molar-refractivity contribution in [3.8, 4) is 0 Å². The van der Waals surface area contributed by atoms with Gasteiger partial charge in [-0.1, -0.05) is 22.0 Å². The van der Waals surface area contributed by atoms with E-state index < -0.39 is 12.1 Å². The smallest absolute Gasteiger partial charge is 0.337 e. The number of aliphatic carboxylic acids is 1. The van der Waals surface area contributed by atoms with Crippen molar-refractivity contribution in [2.45, 2.75) is 12.5 Å². The van der Waals surface area contributed by atoms with Crippen LogP contribution in [0.25, 0.3) is 0 Å². The SMILES string of the molecule is O=C(CCl)Cc1cc(Br)cc(C(O)C(=O)O)c1. The van der Waals surface area contributed by atoms with Gasteiger partial charge in [0, 0.05) is 10.9 Å². The summed E-state index contributed by atoms with van der Waals surface area (Å²) in [6, 6.07) is 4.66. The van der Waals surface area contributed by atoms with Crippen LogP contribution in [0.4, 0.5) is 0 Å². The van der Waals surface area contributed by atoms with Crippen molar-refractivity contribution >= 4 is 39.3 Å². The second-order valence-electron chi connectivity index (χ2n) is 3.48. The van der Waals surface area contributed by atoms with Crippen molar-refractivity contribution in [3.05, 3.63) is 33.8 Å². The number of aliphatic hydroxyl groups is 1. The van der Waals surface area contributed by atoms with Gasteiger partial charge in [0.25, 0.3) is 0 Å². The molecule has 17 heavy (non-hydrogen) atoms. The van der Waals surface area contributed by atoms with Crippen LogP contribution in [0.5, 0.6) is 0 Å². The molecule has 92 valence electrons. The number of alkyl halides is 1. The van der Waals surface area contributed by atoms with Crippen molar-refractivity contribution in [2.24, 2.45) is 0 Å². The van der Waals surface area contributed by atoms with E-state index in [9.17, 15) is 14.7 Å². The van der Waals surface area contributed by atoms with Gasteiger partial charge < -0.3 is 10.2 Å². The number of carboxylic acids is 1. The number of aliphatic hydroxyl groups excluding tert-OH is 1. The molecule has 0 saturated heterocycles. The fourth-order valence-corrected chi connectivity index (χ4v) is 2.01. The minimum absolute atomic E-state index is 0.0939. The molecule has 1 unspecified atom stereocenters. The molecule has 1 atom stereocenters. The van der Waals surface area contributed by atoms with E-state index in [1.54, 1.807) is 6.07 Å². The lowest BCUT2D eigenvalue weighted by Crippen LogP contribution is -2.11. The summed E-state index contributed by atoms with van der Waals surface area (Å²) in [5, 5.41) is 18.1. The fourth-order valence-electron chi connectivity index (χ4n) is 1.35. The van der Waals surface area contributed by atoms with Crippen molar-refractivity contribution in [2.75, 3.05) is 5.88 Å². The first-order valence-corrected chi connectivity index (χ1v) is 6.04. The maximum atomic E-state index is 11.2. The number of hydrogen-bond donors (Lipinski definition) is 2. The number of hydrogen-bond acceptors (Lipinski definition) is 3. The summed E-state index contributed by atoms with van der Waals surface area (Å²) in [6.45, 7) is 0. The second kappa shape index (κ2) is 6.14. The van der Waals surface area contributed by atoms with E-state index in [-0.39, 0.29) is 23.6 Å². The number of carbonyl (C=O) groups excluding carboxylic acids is 1. The first-order chi connectivity index (χ1) is 7.93. The largest absolute Gasteiger partial charge is 0.479 e. The Morgan fingerprint density at radius 2 is 2.00 bits per heavy atom. The van der Waals surface area contributed by atoms with Crippen LogP contribution in [-0.2, 0) is 16.0 Å². The summed E-state index contributed by atoms with van der Waals surface area (Å²) in [6.07, 6.45) is -1.49. The Labute approximate surface area is 111 Å². The molecule has 0 spiro atoms. The third-order valence-corrected chi connectivity index (χ3v) is 2.84. The summed E-state index contributed by atoms with van der Waals surface area (Å²) < 4.78 is 0.604. The number of rotatable bonds is 5. The molecule has 0 aromatic heterocycles. The number of Topliss-reactive ketones (excluding diaryl/α,β-unsaturated/α-hetero) is 1. The molecule has 0 saturated carbocycles. The van der Waals surface area contributed by atoms with Crippen molar-refractivity contribution in [1.29, 1.82) is 0 Å². The minimum atomic E-state index is -1.60. The lowest BCUT2D eigenvalue weighted by molar-refractivity contribution is -0.146. The Hall–Kier alpha value is -0.910. The normalized spacial score (nSPS) is 12.2. The van der Waals surface area contributed by atoms with Gasteiger partial charge in [-0.3, -0.25) is 4.79 Å². The molecule has 2 N–H and O–H groups in total. The number of ketones is 1. The molecule has 0 aliphatic heterocycles. The first-order valence-electron chi connectivity index (χ1n) is 4.72. The summed E-state index contributed by atoms with van der Waals surface area (Å²) >= 11 is 8.58. The van der Waals surface area contributed by atoms with E-state index in [1.807, 2.05) is 0 Å². The van der Waals surface area contributed by atoms with Gasteiger partial charge in [0.15, 0.2) is 11.9 Å². The Morgan fingerprint density at radius 1 is 1.35 bits per heavy atom. The van der Waals surface area contributed by atoms with Crippen LogP contribution in [0.1, 0.15) is 17.2 Å². The topological polar surface area (TPSA) is 74.6 Å². The summed E-state index contributed by atoms with van der Waals surface area (Å²) in [4.78, 5) is 21.8. The third-order valence-electron chi connectivity index (χ3n) is 2.08. The molecule has 0 fully saturated rings. The van der Waals surface area contributed by atoms with Gasteiger partial charge in [-0.2, -0.15) is 0 Å². The van der Waals surface area contributed by atoms with Crippen molar-refractivity contribution in [3.63, 3.8) is 0 Å². The number of halogens is 2. The Bertz CT molecular complexity index is 447. The zero-order valence-corrected chi connectivity index (χ0v) is 11.0. The van der Waals surface area contributed by atoms with Crippen LogP contribution < -0.4 is 0 Å². The van der Waals surface area contributed by atoms with Gasteiger partial charge in [0.2, 0.25) is 0 Å². The lowest BCUT2D eigenvalue weighted by atomic mass is 10.0. The molecule has 0 aliphatic rings. The highest BCUT2D eigenvalue weighted by Gasteiger charge is 2.17. The second-order valence-corrected chi connectivity index (χ2v) is 4.67. The van der Waals surface area contributed by atoms with E-state index in [1.165, 1.54) is 12.1 Å². The Kier molecular flexibility index (Phi) is 5.11. The lowest BCUT2D eigenvalue weighted by Gasteiger charge is -2.09. The van der Waals surface area contributed by atoms with Crippen LogP contribution in [0, 0.1) is 0 Å². The molecule has 4 nitrogen and oxygen atoms in total. The molecule has 6 heteroatoms. The zero-order chi connectivity index (χ0) is 13.0. The molecule has 1 rings (SSSR count). The minimum Gasteiger partial charge on any atom is -0.479 e. The monoisotopic (exact) mass is 320 g/mol. The molecule has 1 aromatic rings. The highest BCUT2D eigenvalue weighted by Crippen LogP contribution is 2.21. The van der Waals surface area contributed by atoms with Crippen LogP contribution in [0.15, 0.2) is 22.7 Å². The number of carboxylic acid groups (broad SMARTS) is 1. The predicted molar refractivity (Wildman–Crippen MR) is 66.2 cm³/mol. The maximum absolute atomic E-state index is 11.2. The summed E-state index contributed by atoms with van der Waals surface area (Å²) in [5.41, 5.74) is 0.838. The van der Waals surface area contributed by atoms with Crippen LogP contribution in [0.3, 0.4) is 0 Å². The van der Waals surface area contributed by atoms with Gasteiger partial charge in [0.1, 0.15) is 0 Å². The van der Waals surface area contributed by atoms with E-state index >= 15 is 0 Å². The molecular formula is C11H10BrClO4. The molecule has 0 radical (unpaired) electrons. The van der Waals surface area contributed by atoms with Crippen molar-refractivity contribution < 1.29 is 19.8 Å². The first kappa shape index (κ1) is 14.2. The molecule has 0 amide bonds. The summed E-state index contributed by atoms with van der Waals surface area (Å²) in [5.74, 6) is -1.60. The van der Waals surface area contributed by atoms with Gasteiger partial charge in [-0.05, 0) is 23.3 Å². The Morgan fingerprint density at radius 3 is 2.53 bits per heavy atom. The highest BCUT2D eigenvalue weighted by atomic mass is 79.9. The van der Waals surface area contributed by atoms with E-state index in [0.717, 1.165) is 0 Å². The quantitative estimate of drug-likeness (QED) is 0.813. The average molecular weight is 322 g/mol. The zero-order valence-electron chi connectivity index (χ0n) is 8.69. The van der Waals surface area contributed by atoms with Gasteiger partial charge >= 0.3 is 5.97 Å². The third kappa shape index (κ3) is 4.11. The van der Waals surface area contributed by atoms with E-state index in [4.69, 9.17) is 16.7 Å². The van der Waals surface area contributed by atoms with E-state index in [0.29, 0.717) is 10.0 Å². The summed E-state index contributed by atoms with van der Waals surface area (Å²) in [7, 11) is 0. The molecule has 0 aliphatic carbocycles. The Balaban J connectivity index is 3.01. The van der Waals surface area contributed by atoms with Gasteiger partial charge in [-0.15, -0.1) is 11.6 Å². The maximum Gasteiger partial charge on any atom is 0.337 e. The van der Waals surface area contributed by atoms with Crippen LogP contribution in [-0.4, -0.2) is 27.8 Å². The van der Waals surface area contributed by atoms with E-state index in [2.05, 4.69) is 15.9 Å².